The first kappa shape index (κ1) is 14.5. The number of hydrogen-bond acceptors (Lipinski definition) is 0. The third-order valence-corrected chi connectivity index (χ3v) is 5.47. The van der Waals surface area contributed by atoms with Crippen molar-refractivity contribution in [2.24, 2.45) is 0 Å². The van der Waals surface area contributed by atoms with E-state index >= 15 is 0 Å². The van der Waals surface area contributed by atoms with Gasteiger partial charge < -0.3 is 0 Å². The first-order valence-corrected chi connectivity index (χ1v) is 8.69. The molecule has 116 valence electrons. The summed E-state index contributed by atoms with van der Waals surface area (Å²) in [7, 11) is 0. The number of quaternary nitrogens is 1. The van der Waals surface area contributed by atoms with Crippen molar-refractivity contribution >= 4 is 5.57 Å². The lowest BCUT2D eigenvalue weighted by Gasteiger charge is -2.48. The Hall–Kier alpha value is -2.12. The molecule has 1 fully saturated rings. The van der Waals surface area contributed by atoms with Gasteiger partial charge in [0.2, 0.25) is 0 Å². The lowest BCUT2D eigenvalue weighted by atomic mass is 9.82. The standard InChI is InChI=1S/C22H24N/c1-2-15-23-16-9-8-14-22(23)20-13-7-6-12-19(20)21(17-23)18-10-4-3-5-11-18/h2-7,10-13,17,22H,1,8-9,14-16H2/q+1/t22-,23+/m1/s1. The normalized spacial score (nSPS) is 25.9. The van der Waals surface area contributed by atoms with E-state index in [0.29, 0.717) is 6.04 Å². The first-order chi connectivity index (χ1) is 11.3. The van der Waals surface area contributed by atoms with Crippen molar-refractivity contribution in [3.63, 3.8) is 0 Å². The molecule has 0 aliphatic carbocycles. The largest absolute Gasteiger partial charge is 0.287 e. The van der Waals surface area contributed by atoms with Gasteiger partial charge in [-0.05, 0) is 30.0 Å². The fourth-order valence-corrected chi connectivity index (χ4v) is 4.46. The van der Waals surface area contributed by atoms with E-state index in [2.05, 4.69) is 73.5 Å². The molecular weight excluding hydrogens is 278 g/mol. The van der Waals surface area contributed by atoms with Crippen molar-refractivity contribution in [2.75, 3.05) is 13.1 Å². The van der Waals surface area contributed by atoms with Crippen molar-refractivity contribution in [2.45, 2.75) is 25.3 Å². The number of nitrogens with zero attached hydrogens (tertiary/aromatic N) is 1. The van der Waals surface area contributed by atoms with Crippen LogP contribution < -0.4 is 0 Å². The lowest BCUT2D eigenvalue weighted by molar-refractivity contribution is -0.910. The summed E-state index contributed by atoms with van der Waals surface area (Å²) in [4.78, 5) is 0. The van der Waals surface area contributed by atoms with Crippen LogP contribution in [0.4, 0.5) is 0 Å². The highest BCUT2D eigenvalue weighted by Crippen LogP contribution is 2.47. The Morgan fingerprint density at radius 2 is 1.78 bits per heavy atom. The summed E-state index contributed by atoms with van der Waals surface area (Å²) in [6, 6.07) is 20.4. The van der Waals surface area contributed by atoms with E-state index in [0.717, 1.165) is 11.0 Å². The second kappa shape index (κ2) is 5.82. The van der Waals surface area contributed by atoms with E-state index in [4.69, 9.17) is 0 Å². The van der Waals surface area contributed by atoms with E-state index in [1.165, 1.54) is 48.1 Å². The quantitative estimate of drug-likeness (QED) is 0.532. The molecule has 0 spiro atoms. The molecule has 2 aliphatic rings. The molecule has 1 nitrogen and oxygen atoms in total. The van der Waals surface area contributed by atoms with Gasteiger partial charge in [0.25, 0.3) is 0 Å². The molecule has 1 saturated heterocycles. The number of benzene rings is 2. The van der Waals surface area contributed by atoms with E-state index < -0.39 is 0 Å². The molecule has 2 aliphatic heterocycles. The number of rotatable bonds is 3. The Balaban J connectivity index is 1.94. The zero-order chi connectivity index (χ0) is 15.7. The maximum absolute atomic E-state index is 4.05. The minimum absolute atomic E-state index is 0.588. The van der Waals surface area contributed by atoms with Crippen LogP contribution in [0.25, 0.3) is 5.57 Å². The minimum atomic E-state index is 0.588. The summed E-state index contributed by atoms with van der Waals surface area (Å²) < 4.78 is 1.05. The average Bonchev–Trinajstić information content (AvgIpc) is 2.62. The van der Waals surface area contributed by atoms with Gasteiger partial charge in [-0.2, -0.15) is 0 Å². The van der Waals surface area contributed by atoms with Crippen molar-refractivity contribution in [1.82, 2.24) is 0 Å². The number of fused-ring (bicyclic) bond motifs is 3. The van der Waals surface area contributed by atoms with Crippen LogP contribution in [-0.4, -0.2) is 17.6 Å². The summed E-state index contributed by atoms with van der Waals surface area (Å²) in [5.41, 5.74) is 5.66. The van der Waals surface area contributed by atoms with Gasteiger partial charge in [-0.1, -0.05) is 61.2 Å². The van der Waals surface area contributed by atoms with Crippen LogP contribution in [-0.2, 0) is 0 Å². The summed E-state index contributed by atoms with van der Waals surface area (Å²) in [6.07, 6.45) is 8.56. The maximum atomic E-state index is 4.05. The topological polar surface area (TPSA) is 0 Å². The Morgan fingerprint density at radius 1 is 1.00 bits per heavy atom. The molecule has 2 heterocycles. The van der Waals surface area contributed by atoms with Crippen molar-refractivity contribution in [1.29, 1.82) is 0 Å². The van der Waals surface area contributed by atoms with E-state index in [1.54, 1.807) is 0 Å². The maximum Gasteiger partial charge on any atom is 0.120 e. The number of hydrogen-bond donors (Lipinski definition) is 0. The van der Waals surface area contributed by atoms with Crippen molar-refractivity contribution < 1.29 is 4.48 Å². The van der Waals surface area contributed by atoms with Crippen LogP contribution >= 0.6 is 0 Å². The smallest absolute Gasteiger partial charge is 0.120 e. The van der Waals surface area contributed by atoms with Crippen LogP contribution in [0.1, 0.15) is 42.0 Å². The van der Waals surface area contributed by atoms with Crippen LogP contribution in [0, 0.1) is 0 Å². The zero-order valence-corrected chi connectivity index (χ0v) is 13.6. The molecule has 23 heavy (non-hydrogen) atoms. The molecule has 0 unspecified atom stereocenters. The predicted octanol–water partition coefficient (Wildman–Crippen LogP) is 5.32. The van der Waals surface area contributed by atoms with Crippen LogP contribution in [0.15, 0.2) is 73.5 Å². The number of piperidine rings is 1. The van der Waals surface area contributed by atoms with E-state index in [1.807, 2.05) is 0 Å². The van der Waals surface area contributed by atoms with Gasteiger partial charge in [-0.15, -0.1) is 0 Å². The fourth-order valence-electron chi connectivity index (χ4n) is 4.46. The lowest BCUT2D eigenvalue weighted by Crippen LogP contribution is -2.51. The average molecular weight is 302 g/mol. The van der Waals surface area contributed by atoms with Crippen LogP contribution in [0.5, 0.6) is 0 Å². The highest BCUT2D eigenvalue weighted by atomic mass is 15.4. The monoisotopic (exact) mass is 302 g/mol. The SMILES string of the molecule is C=CC[N@+]12C=C(c3ccccc3)c3ccccc3[C@H]1CCCC2. The molecule has 0 saturated carbocycles. The summed E-state index contributed by atoms with van der Waals surface area (Å²) >= 11 is 0. The third-order valence-electron chi connectivity index (χ3n) is 5.47. The Bertz CT molecular complexity index is 744. The van der Waals surface area contributed by atoms with E-state index in [-0.39, 0.29) is 0 Å². The van der Waals surface area contributed by atoms with E-state index in [9.17, 15) is 0 Å². The zero-order valence-electron chi connectivity index (χ0n) is 13.6. The Morgan fingerprint density at radius 3 is 2.61 bits per heavy atom. The molecule has 0 aromatic heterocycles. The molecule has 0 amide bonds. The predicted molar refractivity (Wildman–Crippen MR) is 96.7 cm³/mol. The fraction of sp³-hybridized carbons (Fsp3) is 0.273. The van der Waals surface area contributed by atoms with Gasteiger partial charge in [0, 0.05) is 17.6 Å². The second-order valence-corrected chi connectivity index (χ2v) is 6.81. The van der Waals surface area contributed by atoms with Crippen molar-refractivity contribution in [3.05, 3.63) is 90.1 Å². The second-order valence-electron chi connectivity index (χ2n) is 6.81. The van der Waals surface area contributed by atoms with Gasteiger partial charge in [0.05, 0.1) is 6.54 Å². The molecule has 0 bridgehead atoms. The van der Waals surface area contributed by atoms with Crippen LogP contribution in [0.3, 0.4) is 0 Å². The molecular formula is C22H24N+. The van der Waals surface area contributed by atoms with Gasteiger partial charge >= 0.3 is 0 Å². The highest BCUT2D eigenvalue weighted by molar-refractivity contribution is 5.81. The molecule has 4 rings (SSSR count). The van der Waals surface area contributed by atoms with Gasteiger partial charge in [-0.3, -0.25) is 4.48 Å². The molecule has 1 heteroatoms. The van der Waals surface area contributed by atoms with Crippen molar-refractivity contribution in [3.8, 4) is 0 Å². The van der Waals surface area contributed by atoms with Gasteiger partial charge in [-0.25, -0.2) is 0 Å². The Kier molecular flexibility index (Phi) is 3.66. The molecule has 2 aromatic carbocycles. The third kappa shape index (κ3) is 2.36. The summed E-state index contributed by atoms with van der Waals surface area (Å²) in [6.45, 7) is 6.30. The summed E-state index contributed by atoms with van der Waals surface area (Å²) in [5.74, 6) is 0. The first-order valence-electron chi connectivity index (χ1n) is 8.69. The summed E-state index contributed by atoms with van der Waals surface area (Å²) in [5, 5.41) is 0. The molecule has 0 N–H and O–H groups in total. The molecule has 2 aromatic rings. The van der Waals surface area contributed by atoms with Crippen LogP contribution in [0.2, 0.25) is 0 Å². The van der Waals surface area contributed by atoms with Gasteiger partial charge in [0.15, 0.2) is 0 Å². The Labute approximate surface area is 139 Å². The molecule has 2 atom stereocenters. The highest BCUT2D eigenvalue weighted by Gasteiger charge is 2.43. The molecule has 0 radical (unpaired) electrons. The minimum Gasteiger partial charge on any atom is -0.287 e. The van der Waals surface area contributed by atoms with Gasteiger partial charge in [0.1, 0.15) is 18.8 Å².